The van der Waals surface area contributed by atoms with E-state index in [0.717, 1.165) is 11.0 Å². The number of methoxy groups -OCH3 is 1. The molecule has 1 aromatic heterocycles. The maximum atomic E-state index is 12.8. The lowest BCUT2D eigenvalue weighted by atomic mass is 10.1. The lowest BCUT2D eigenvalue weighted by molar-refractivity contribution is 0.102. The third kappa shape index (κ3) is 2.76. The quantitative estimate of drug-likeness (QED) is 0.576. The first-order chi connectivity index (χ1) is 12.3. The number of ether oxygens (including phenoxy) is 1. The molecule has 0 unspecified atom stereocenters. The summed E-state index contributed by atoms with van der Waals surface area (Å²) in [4.78, 5) is 22.0. The normalized spacial score (nSPS) is 10.8. The van der Waals surface area contributed by atoms with Gasteiger partial charge in [-0.1, -0.05) is 30.3 Å². The van der Waals surface area contributed by atoms with Gasteiger partial charge in [-0.3, -0.25) is 4.79 Å². The summed E-state index contributed by atoms with van der Waals surface area (Å²) in [6.07, 6.45) is 0. The van der Waals surface area contributed by atoms with Crippen molar-refractivity contribution in [3.63, 3.8) is 0 Å². The number of rotatable bonds is 3. The van der Waals surface area contributed by atoms with Gasteiger partial charge in [-0.05, 0) is 36.4 Å². The number of carbonyl (C=O) groups excluding carboxylic acids is 1. The molecule has 0 bridgehead atoms. The van der Waals surface area contributed by atoms with Gasteiger partial charge in [-0.2, -0.15) is 0 Å². The lowest BCUT2D eigenvalue weighted by Gasteiger charge is -2.11. The summed E-state index contributed by atoms with van der Waals surface area (Å²) < 4.78 is 5.28. The SMILES string of the molecule is COc1ccccc1NC(=O)c1cccc2nc3ccccc3nc12. The highest BCUT2D eigenvalue weighted by atomic mass is 16.5. The molecule has 25 heavy (non-hydrogen) atoms. The molecule has 122 valence electrons. The molecule has 3 aromatic carbocycles. The standard InChI is InChI=1S/C20H15N3O2/c1-25-18-12-5-4-10-16(18)23-20(24)13-7-6-11-17-19(13)22-15-9-3-2-8-14(15)21-17/h2-12H,1H3,(H,23,24). The van der Waals surface area contributed by atoms with Crippen LogP contribution in [0.2, 0.25) is 0 Å². The molecule has 0 atom stereocenters. The Morgan fingerprint density at radius 3 is 2.32 bits per heavy atom. The van der Waals surface area contributed by atoms with Crippen molar-refractivity contribution in [2.24, 2.45) is 0 Å². The van der Waals surface area contributed by atoms with Crippen LogP contribution in [0.4, 0.5) is 5.69 Å². The van der Waals surface area contributed by atoms with E-state index in [9.17, 15) is 4.79 Å². The Balaban J connectivity index is 1.80. The van der Waals surface area contributed by atoms with E-state index in [1.54, 1.807) is 25.3 Å². The van der Waals surface area contributed by atoms with Gasteiger partial charge in [0.25, 0.3) is 5.91 Å². The molecule has 0 fully saturated rings. The van der Waals surface area contributed by atoms with Crippen molar-refractivity contribution >= 4 is 33.7 Å². The zero-order valence-electron chi connectivity index (χ0n) is 13.6. The molecule has 0 saturated carbocycles. The second-order valence-electron chi connectivity index (χ2n) is 5.54. The van der Waals surface area contributed by atoms with E-state index < -0.39 is 0 Å². The predicted molar refractivity (Wildman–Crippen MR) is 98.0 cm³/mol. The first kappa shape index (κ1) is 15.1. The van der Waals surface area contributed by atoms with Crippen LogP contribution in [0.1, 0.15) is 10.4 Å². The maximum absolute atomic E-state index is 12.8. The summed E-state index contributed by atoms with van der Waals surface area (Å²) in [5, 5.41) is 2.89. The minimum absolute atomic E-state index is 0.250. The largest absolute Gasteiger partial charge is 0.495 e. The number of amides is 1. The topological polar surface area (TPSA) is 64.1 Å². The number of nitrogens with one attached hydrogen (secondary N) is 1. The first-order valence-corrected chi connectivity index (χ1v) is 7.86. The van der Waals surface area contributed by atoms with E-state index in [1.165, 1.54) is 0 Å². The summed E-state index contributed by atoms with van der Waals surface area (Å²) in [6.45, 7) is 0. The molecule has 0 aliphatic carbocycles. The predicted octanol–water partition coefficient (Wildman–Crippen LogP) is 4.04. The highest BCUT2D eigenvalue weighted by molar-refractivity contribution is 6.12. The fraction of sp³-hybridized carbons (Fsp3) is 0.0500. The minimum Gasteiger partial charge on any atom is -0.495 e. The molecular formula is C20H15N3O2. The second-order valence-corrected chi connectivity index (χ2v) is 5.54. The Morgan fingerprint density at radius 2 is 1.52 bits per heavy atom. The van der Waals surface area contributed by atoms with Crippen LogP contribution in [0, 0.1) is 0 Å². The second kappa shape index (κ2) is 6.20. The van der Waals surface area contributed by atoms with E-state index in [4.69, 9.17) is 4.74 Å². The van der Waals surface area contributed by atoms with Crippen LogP contribution in [0.25, 0.3) is 22.1 Å². The fourth-order valence-corrected chi connectivity index (χ4v) is 2.76. The van der Waals surface area contributed by atoms with Gasteiger partial charge >= 0.3 is 0 Å². The maximum Gasteiger partial charge on any atom is 0.258 e. The molecule has 0 aliphatic heterocycles. The third-order valence-corrected chi connectivity index (χ3v) is 3.97. The molecule has 1 N–H and O–H groups in total. The average Bonchev–Trinajstić information content (AvgIpc) is 2.66. The summed E-state index contributed by atoms with van der Waals surface area (Å²) in [6, 6.07) is 20.3. The Hall–Kier alpha value is -3.47. The van der Waals surface area contributed by atoms with E-state index in [2.05, 4.69) is 15.3 Å². The van der Waals surface area contributed by atoms with Crippen molar-refractivity contribution in [3.8, 4) is 5.75 Å². The van der Waals surface area contributed by atoms with E-state index in [1.807, 2.05) is 48.5 Å². The summed E-state index contributed by atoms with van der Waals surface area (Å²) in [5.41, 5.74) is 3.91. The zero-order chi connectivity index (χ0) is 17.2. The van der Waals surface area contributed by atoms with Crippen LogP contribution in [0.3, 0.4) is 0 Å². The third-order valence-electron chi connectivity index (χ3n) is 3.97. The molecule has 1 amide bonds. The molecule has 4 aromatic rings. The average molecular weight is 329 g/mol. The van der Waals surface area contributed by atoms with E-state index >= 15 is 0 Å². The van der Waals surface area contributed by atoms with Gasteiger partial charge in [0.1, 0.15) is 11.3 Å². The van der Waals surface area contributed by atoms with Crippen LogP contribution >= 0.6 is 0 Å². The molecule has 0 saturated heterocycles. The molecule has 5 nitrogen and oxygen atoms in total. The van der Waals surface area contributed by atoms with Crippen molar-refractivity contribution in [2.45, 2.75) is 0 Å². The Labute approximate surface area is 144 Å². The number of anilines is 1. The highest BCUT2D eigenvalue weighted by Gasteiger charge is 2.14. The van der Waals surface area contributed by atoms with Crippen LogP contribution < -0.4 is 10.1 Å². The molecule has 0 radical (unpaired) electrons. The van der Waals surface area contributed by atoms with Crippen molar-refractivity contribution in [3.05, 3.63) is 72.3 Å². The zero-order valence-corrected chi connectivity index (χ0v) is 13.6. The van der Waals surface area contributed by atoms with Crippen molar-refractivity contribution in [1.29, 1.82) is 0 Å². The van der Waals surface area contributed by atoms with E-state index in [0.29, 0.717) is 28.0 Å². The lowest BCUT2D eigenvalue weighted by Crippen LogP contribution is -2.13. The molecule has 4 rings (SSSR count). The van der Waals surface area contributed by atoms with Gasteiger partial charge < -0.3 is 10.1 Å². The summed E-state index contributed by atoms with van der Waals surface area (Å²) in [7, 11) is 1.57. The number of para-hydroxylation sites is 5. The van der Waals surface area contributed by atoms with Crippen LogP contribution in [-0.2, 0) is 0 Å². The number of fused-ring (bicyclic) bond motifs is 2. The monoisotopic (exact) mass is 329 g/mol. The van der Waals surface area contributed by atoms with Gasteiger partial charge in [-0.25, -0.2) is 9.97 Å². The summed E-state index contributed by atoms with van der Waals surface area (Å²) >= 11 is 0. The van der Waals surface area contributed by atoms with Gasteiger partial charge in [0, 0.05) is 0 Å². The Bertz CT molecular complexity index is 1090. The van der Waals surface area contributed by atoms with Crippen molar-refractivity contribution in [1.82, 2.24) is 9.97 Å². The Morgan fingerprint density at radius 1 is 0.840 bits per heavy atom. The summed E-state index contributed by atoms with van der Waals surface area (Å²) in [5.74, 6) is 0.354. The van der Waals surface area contributed by atoms with Gasteiger partial charge in [0.15, 0.2) is 0 Å². The van der Waals surface area contributed by atoms with E-state index in [-0.39, 0.29) is 5.91 Å². The number of benzene rings is 3. The Kier molecular flexibility index (Phi) is 3.74. The minimum atomic E-state index is -0.250. The van der Waals surface area contributed by atoms with Crippen LogP contribution in [0.15, 0.2) is 66.7 Å². The van der Waals surface area contributed by atoms with Crippen molar-refractivity contribution in [2.75, 3.05) is 12.4 Å². The van der Waals surface area contributed by atoms with Crippen LogP contribution in [0.5, 0.6) is 5.75 Å². The molecule has 0 spiro atoms. The number of hydrogen-bond acceptors (Lipinski definition) is 4. The van der Waals surface area contributed by atoms with Gasteiger partial charge in [0.2, 0.25) is 0 Å². The molecular weight excluding hydrogens is 314 g/mol. The number of nitrogens with zero attached hydrogens (tertiary/aromatic N) is 2. The highest BCUT2D eigenvalue weighted by Crippen LogP contribution is 2.25. The number of hydrogen-bond donors (Lipinski definition) is 1. The molecule has 5 heteroatoms. The van der Waals surface area contributed by atoms with Crippen LogP contribution in [-0.4, -0.2) is 23.0 Å². The molecule has 1 heterocycles. The fourth-order valence-electron chi connectivity index (χ4n) is 2.76. The molecule has 0 aliphatic rings. The van der Waals surface area contributed by atoms with Gasteiger partial charge in [0.05, 0.1) is 34.9 Å². The van der Waals surface area contributed by atoms with Crippen molar-refractivity contribution < 1.29 is 9.53 Å². The number of aromatic nitrogens is 2. The van der Waals surface area contributed by atoms with Gasteiger partial charge in [-0.15, -0.1) is 0 Å². The smallest absolute Gasteiger partial charge is 0.258 e. The first-order valence-electron chi connectivity index (χ1n) is 7.86. The number of carbonyl (C=O) groups is 1.